The van der Waals surface area contributed by atoms with Crippen molar-refractivity contribution in [3.05, 3.63) is 72.3 Å². The summed E-state index contributed by atoms with van der Waals surface area (Å²) in [5, 5.41) is 1.07. The van der Waals surface area contributed by atoms with Gasteiger partial charge in [-0.1, -0.05) is 69.3 Å². The minimum atomic E-state index is -4.59. The van der Waals surface area contributed by atoms with E-state index >= 15 is 0 Å². The van der Waals surface area contributed by atoms with Crippen molar-refractivity contribution in [2.75, 3.05) is 0 Å². The molecule has 0 heterocycles. The fraction of sp³-hybridized carbons (Fsp3) is 0.200. The van der Waals surface area contributed by atoms with Gasteiger partial charge in [-0.25, -0.2) is 16.8 Å². The fourth-order valence-electron chi connectivity index (χ4n) is 2.78. The molecule has 3 rings (SSSR count). The van der Waals surface area contributed by atoms with Gasteiger partial charge in [-0.15, -0.1) is 0 Å². The summed E-state index contributed by atoms with van der Waals surface area (Å²) in [6, 6.07) is 17.5. The maximum absolute atomic E-state index is 13.0. The molecule has 26 heavy (non-hydrogen) atoms. The first-order valence-electron chi connectivity index (χ1n) is 8.13. The van der Waals surface area contributed by atoms with E-state index in [2.05, 4.69) is 0 Å². The Morgan fingerprint density at radius 3 is 1.85 bits per heavy atom. The summed E-state index contributed by atoms with van der Waals surface area (Å²) in [5.41, 5.74) is 0.774. The number of hydrogen-bond acceptors (Lipinski definition) is 4. The van der Waals surface area contributed by atoms with Crippen LogP contribution < -0.4 is 0 Å². The second-order valence-electron chi connectivity index (χ2n) is 7.16. The molecule has 0 fully saturated rings. The molecule has 136 valence electrons. The zero-order valence-electron chi connectivity index (χ0n) is 14.8. The topological polar surface area (TPSA) is 68.3 Å². The van der Waals surface area contributed by atoms with Crippen molar-refractivity contribution in [3.63, 3.8) is 0 Å². The summed E-state index contributed by atoms with van der Waals surface area (Å²) < 4.78 is 51.7. The van der Waals surface area contributed by atoms with Gasteiger partial charge in [0.15, 0.2) is 0 Å². The summed E-state index contributed by atoms with van der Waals surface area (Å²) in [5.74, 6) is 0. The molecule has 0 aliphatic rings. The molecule has 0 aliphatic carbocycles. The van der Waals surface area contributed by atoms with Gasteiger partial charge in [-0.3, -0.25) is 0 Å². The Morgan fingerprint density at radius 1 is 0.654 bits per heavy atom. The molecule has 4 nitrogen and oxygen atoms in total. The summed E-state index contributed by atoms with van der Waals surface area (Å²) in [7, 11) is -9.17. The molecular formula is C20H20O4S2. The van der Waals surface area contributed by atoms with Crippen molar-refractivity contribution < 1.29 is 16.8 Å². The summed E-state index contributed by atoms with van der Waals surface area (Å²) in [6.45, 7) is 6.01. The van der Waals surface area contributed by atoms with E-state index in [1.165, 1.54) is 18.2 Å². The molecule has 0 bridgehead atoms. The highest BCUT2D eigenvalue weighted by Crippen LogP contribution is 2.31. The SMILES string of the molecule is CC(C)(C)c1ccc(S(=O)(=O)S(=O)(=O)c2cccc3ccccc23)cc1. The molecule has 0 saturated heterocycles. The maximum Gasteiger partial charge on any atom is 0.286 e. The Kier molecular flexibility index (Phi) is 4.45. The van der Waals surface area contributed by atoms with Crippen molar-refractivity contribution in [3.8, 4) is 0 Å². The normalized spacial score (nSPS) is 13.0. The molecule has 3 aromatic rings. The molecule has 6 heteroatoms. The highest BCUT2D eigenvalue weighted by atomic mass is 33.2. The van der Waals surface area contributed by atoms with Crippen LogP contribution in [-0.4, -0.2) is 16.8 Å². The lowest BCUT2D eigenvalue weighted by molar-refractivity contribution is 0.581. The van der Waals surface area contributed by atoms with Crippen LogP contribution in [0.15, 0.2) is 76.5 Å². The van der Waals surface area contributed by atoms with Crippen molar-refractivity contribution in [1.82, 2.24) is 0 Å². The van der Waals surface area contributed by atoms with Gasteiger partial charge >= 0.3 is 0 Å². The standard InChI is InChI=1S/C20H20O4S2/c1-20(2,3)16-11-13-17(14-12-16)25(21,22)26(23,24)19-10-6-8-15-7-4-5-9-18(15)19/h4-14H,1-3H3. The maximum atomic E-state index is 13.0. The van der Waals surface area contributed by atoms with Crippen LogP contribution in [0, 0.1) is 0 Å². The van der Waals surface area contributed by atoms with Gasteiger partial charge in [0.25, 0.3) is 17.7 Å². The number of benzene rings is 3. The second kappa shape index (κ2) is 6.21. The van der Waals surface area contributed by atoms with Crippen molar-refractivity contribution in [1.29, 1.82) is 0 Å². The predicted octanol–water partition coefficient (Wildman–Crippen LogP) is 4.30. The zero-order valence-corrected chi connectivity index (χ0v) is 16.4. The molecule has 0 spiro atoms. The Labute approximate surface area is 153 Å². The fourth-order valence-corrected chi connectivity index (χ4v) is 6.68. The van der Waals surface area contributed by atoms with Crippen LogP contribution in [0.3, 0.4) is 0 Å². The minimum Gasteiger partial charge on any atom is -0.207 e. The molecule has 0 unspecified atom stereocenters. The lowest BCUT2D eigenvalue weighted by Crippen LogP contribution is -2.17. The Morgan fingerprint density at radius 2 is 1.23 bits per heavy atom. The van der Waals surface area contributed by atoms with Gasteiger partial charge in [0.2, 0.25) is 0 Å². The largest absolute Gasteiger partial charge is 0.286 e. The highest BCUT2D eigenvalue weighted by Gasteiger charge is 2.35. The highest BCUT2D eigenvalue weighted by molar-refractivity contribution is 8.67. The first-order valence-corrected chi connectivity index (χ1v) is 11.6. The molecule has 0 atom stereocenters. The third-order valence-corrected chi connectivity index (χ3v) is 9.49. The van der Waals surface area contributed by atoms with Crippen LogP contribution in [0.4, 0.5) is 0 Å². The van der Waals surface area contributed by atoms with Crippen LogP contribution >= 0.6 is 0 Å². The van der Waals surface area contributed by atoms with E-state index in [1.807, 2.05) is 20.8 Å². The molecule has 0 N–H and O–H groups in total. The Hall–Kier alpha value is -2.18. The molecule has 0 radical (unpaired) electrons. The van der Waals surface area contributed by atoms with Crippen LogP contribution in [0.25, 0.3) is 10.8 Å². The Balaban J connectivity index is 2.17. The quantitative estimate of drug-likeness (QED) is 0.627. The van der Waals surface area contributed by atoms with Gasteiger partial charge in [0.1, 0.15) is 0 Å². The molecule has 0 aliphatic heterocycles. The van der Waals surface area contributed by atoms with Crippen LogP contribution in [0.2, 0.25) is 0 Å². The van der Waals surface area contributed by atoms with Gasteiger partial charge in [-0.2, -0.15) is 0 Å². The summed E-state index contributed by atoms with van der Waals surface area (Å²) in [6.07, 6.45) is 0. The van der Waals surface area contributed by atoms with Crippen molar-refractivity contribution in [2.24, 2.45) is 0 Å². The number of fused-ring (bicyclic) bond motifs is 1. The van der Waals surface area contributed by atoms with Gasteiger partial charge < -0.3 is 0 Å². The Bertz CT molecular complexity index is 1160. The van der Waals surface area contributed by atoms with E-state index in [4.69, 9.17) is 0 Å². The van der Waals surface area contributed by atoms with Crippen molar-refractivity contribution in [2.45, 2.75) is 36.0 Å². The smallest absolute Gasteiger partial charge is 0.207 e. The molecular weight excluding hydrogens is 368 g/mol. The van der Waals surface area contributed by atoms with E-state index < -0.39 is 17.7 Å². The van der Waals surface area contributed by atoms with Crippen LogP contribution in [0.1, 0.15) is 26.3 Å². The third kappa shape index (κ3) is 3.04. The molecule has 0 saturated carbocycles. The van der Waals surface area contributed by atoms with Crippen LogP contribution in [0.5, 0.6) is 0 Å². The average Bonchev–Trinajstić information content (AvgIpc) is 2.60. The second-order valence-corrected chi connectivity index (χ2v) is 12.5. The van der Waals surface area contributed by atoms with Gasteiger partial charge in [0, 0.05) is 5.39 Å². The first-order chi connectivity index (χ1) is 12.0. The zero-order chi connectivity index (χ0) is 19.2. The van der Waals surface area contributed by atoms with E-state index in [0.717, 1.165) is 5.56 Å². The van der Waals surface area contributed by atoms with Gasteiger partial charge in [-0.05, 0) is 34.6 Å². The summed E-state index contributed by atoms with van der Waals surface area (Å²) in [4.78, 5) is -0.422. The molecule has 0 aromatic heterocycles. The van der Waals surface area contributed by atoms with Gasteiger partial charge in [0.05, 0.1) is 9.79 Å². The number of hydrogen-bond donors (Lipinski definition) is 0. The average molecular weight is 389 g/mol. The van der Waals surface area contributed by atoms with Crippen LogP contribution in [-0.2, 0) is 23.2 Å². The van der Waals surface area contributed by atoms with E-state index in [9.17, 15) is 16.8 Å². The first kappa shape index (κ1) is 18.6. The third-order valence-electron chi connectivity index (χ3n) is 4.32. The lowest BCUT2D eigenvalue weighted by atomic mass is 9.87. The molecule has 0 amide bonds. The monoisotopic (exact) mass is 388 g/mol. The predicted molar refractivity (Wildman–Crippen MR) is 103 cm³/mol. The summed E-state index contributed by atoms with van der Waals surface area (Å²) >= 11 is 0. The van der Waals surface area contributed by atoms with E-state index in [-0.39, 0.29) is 15.2 Å². The lowest BCUT2D eigenvalue weighted by Gasteiger charge is -2.19. The molecule has 3 aromatic carbocycles. The van der Waals surface area contributed by atoms with E-state index in [0.29, 0.717) is 10.8 Å². The number of rotatable bonds is 3. The van der Waals surface area contributed by atoms with Crippen molar-refractivity contribution >= 4 is 28.5 Å². The minimum absolute atomic E-state index is 0.156. The van der Waals surface area contributed by atoms with E-state index in [1.54, 1.807) is 48.5 Å².